The van der Waals surface area contributed by atoms with Crippen LogP contribution in [0.3, 0.4) is 0 Å². The quantitative estimate of drug-likeness (QED) is 0.453. The number of rotatable bonds is 0. The van der Waals surface area contributed by atoms with Crippen LogP contribution in [-0.2, 0) is 0 Å². The van der Waals surface area contributed by atoms with Crippen molar-refractivity contribution in [3.8, 4) is 0 Å². The van der Waals surface area contributed by atoms with E-state index in [9.17, 15) is 0 Å². The lowest BCUT2D eigenvalue weighted by Gasteiger charge is -1.32. The van der Waals surface area contributed by atoms with Crippen LogP contribution in [0.5, 0.6) is 0 Å². The fourth-order valence-electron chi connectivity index (χ4n) is 0.139. The Bertz CT molecular complexity index is 104. The molecule has 0 aromatic rings. The third-order valence-corrected chi connectivity index (χ3v) is 2.17. The molecule has 0 aromatic carbocycles. The molecule has 1 aliphatic rings. The molecule has 0 nitrogen and oxygen atoms in total. The third kappa shape index (κ3) is 0.433. The molecular formula is C3S3. The maximum atomic E-state index is 4.61. The van der Waals surface area contributed by atoms with Gasteiger partial charge in [0.2, 0.25) is 0 Å². The number of hydrogen-bond donors (Lipinski definition) is 0. The summed E-state index contributed by atoms with van der Waals surface area (Å²) in [7, 11) is 0. The van der Waals surface area contributed by atoms with E-state index in [4.69, 9.17) is 0 Å². The van der Waals surface area contributed by atoms with E-state index in [-0.39, 0.29) is 0 Å². The van der Waals surface area contributed by atoms with Crippen molar-refractivity contribution in [2.24, 2.45) is 0 Å². The van der Waals surface area contributed by atoms with Crippen molar-refractivity contribution >= 4 is 51.2 Å². The molecule has 0 amide bonds. The first-order valence-electron chi connectivity index (χ1n) is 1.36. The molecule has 1 saturated carbocycles. The summed E-state index contributed by atoms with van der Waals surface area (Å²) in [6.45, 7) is 0. The fourth-order valence-corrected chi connectivity index (χ4v) is 0.792. The molecule has 0 N–H and O–H groups in total. The Kier molecular flexibility index (Phi) is 0.825. The van der Waals surface area contributed by atoms with Gasteiger partial charge in [0.25, 0.3) is 0 Å². The average Bonchev–Trinajstić information content (AvgIpc) is 1.94. The molecular weight excluding hydrogens is 132 g/mol. The third-order valence-electron chi connectivity index (χ3n) is 0.556. The molecule has 0 atom stereocenters. The van der Waals surface area contributed by atoms with Gasteiger partial charge in [0.1, 0.15) is 0 Å². The lowest BCUT2D eigenvalue weighted by Crippen LogP contribution is -1.51. The lowest BCUT2D eigenvalue weighted by molar-refractivity contribution is 3.87. The van der Waals surface area contributed by atoms with Crippen LogP contribution in [0.15, 0.2) is 0 Å². The maximum absolute atomic E-state index is 4.61. The minimum Gasteiger partial charge on any atom is -0.0768 e. The van der Waals surface area contributed by atoms with Crippen LogP contribution < -0.4 is 0 Å². The van der Waals surface area contributed by atoms with Crippen LogP contribution in [0, 0.1) is 0 Å². The summed E-state index contributed by atoms with van der Waals surface area (Å²) < 4.78 is 0. The van der Waals surface area contributed by atoms with E-state index in [0.29, 0.717) is 0 Å². The largest absolute Gasteiger partial charge is 0.0768 e. The predicted molar refractivity (Wildman–Crippen MR) is 37.8 cm³/mol. The van der Waals surface area contributed by atoms with Gasteiger partial charge in [-0.05, 0) is 0 Å². The van der Waals surface area contributed by atoms with Gasteiger partial charge in [-0.1, -0.05) is 36.7 Å². The molecule has 0 saturated heterocycles. The fraction of sp³-hybridized carbons (Fsp3) is 0. The van der Waals surface area contributed by atoms with Crippen LogP contribution in [-0.4, -0.2) is 14.6 Å². The Hall–Kier alpha value is 0.270. The summed E-state index contributed by atoms with van der Waals surface area (Å²) in [6, 6.07) is 0. The highest BCUT2D eigenvalue weighted by Gasteiger charge is 2.29. The number of thiocarbonyl (C=S) groups is 3. The summed E-state index contributed by atoms with van der Waals surface area (Å²) in [5, 5.41) is 0. The molecule has 0 heterocycles. The van der Waals surface area contributed by atoms with Crippen LogP contribution in [0.2, 0.25) is 0 Å². The lowest BCUT2D eigenvalue weighted by atomic mass is 11.0. The van der Waals surface area contributed by atoms with Crippen molar-refractivity contribution < 1.29 is 0 Å². The molecule has 30 valence electrons. The van der Waals surface area contributed by atoms with Gasteiger partial charge in [0.05, 0.1) is 14.6 Å². The molecule has 0 aliphatic heterocycles. The molecule has 0 spiro atoms. The van der Waals surface area contributed by atoms with E-state index in [2.05, 4.69) is 36.7 Å². The van der Waals surface area contributed by atoms with E-state index in [1.807, 2.05) is 0 Å². The first-order chi connectivity index (χ1) is 2.73. The van der Waals surface area contributed by atoms with E-state index in [1.165, 1.54) is 0 Å². The van der Waals surface area contributed by atoms with Gasteiger partial charge in [0, 0.05) is 0 Å². The van der Waals surface area contributed by atoms with Crippen molar-refractivity contribution in [1.82, 2.24) is 0 Å². The van der Waals surface area contributed by atoms with Gasteiger partial charge in [-0.15, -0.1) is 0 Å². The Morgan fingerprint density at radius 1 is 0.667 bits per heavy atom. The van der Waals surface area contributed by atoms with Gasteiger partial charge < -0.3 is 0 Å². The van der Waals surface area contributed by atoms with Crippen molar-refractivity contribution in [2.75, 3.05) is 0 Å². The molecule has 0 unspecified atom stereocenters. The minimum atomic E-state index is 0.722. The molecule has 6 heavy (non-hydrogen) atoms. The van der Waals surface area contributed by atoms with Gasteiger partial charge in [0.15, 0.2) is 0 Å². The van der Waals surface area contributed by atoms with Crippen LogP contribution in [0.1, 0.15) is 0 Å². The Labute approximate surface area is 51.5 Å². The normalized spacial score (nSPS) is 19.0. The summed E-state index contributed by atoms with van der Waals surface area (Å²) in [5.41, 5.74) is 0. The van der Waals surface area contributed by atoms with E-state index in [0.717, 1.165) is 14.6 Å². The molecule has 3 heteroatoms. The van der Waals surface area contributed by atoms with Crippen molar-refractivity contribution in [3.63, 3.8) is 0 Å². The highest BCUT2D eigenvalue weighted by molar-refractivity contribution is 8.07. The van der Waals surface area contributed by atoms with Crippen molar-refractivity contribution in [2.45, 2.75) is 0 Å². The summed E-state index contributed by atoms with van der Waals surface area (Å²) in [6.07, 6.45) is 0. The molecule has 0 bridgehead atoms. The molecule has 0 aromatic heterocycles. The first kappa shape index (κ1) is 4.43. The summed E-state index contributed by atoms with van der Waals surface area (Å²) in [5.74, 6) is 0. The van der Waals surface area contributed by atoms with E-state index < -0.39 is 0 Å². The standard InChI is InChI=1S/C3S3/c4-1-2(5)3(1)6. The highest BCUT2D eigenvalue weighted by Crippen LogP contribution is 2.07. The number of hydrogen-bond acceptors (Lipinski definition) is 3. The second kappa shape index (κ2) is 1.12. The first-order valence-corrected chi connectivity index (χ1v) is 2.59. The van der Waals surface area contributed by atoms with E-state index in [1.54, 1.807) is 0 Å². The highest BCUT2D eigenvalue weighted by atomic mass is 32.1. The topological polar surface area (TPSA) is 0 Å². The van der Waals surface area contributed by atoms with E-state index >= 15 is 0 Å². The average molecular weight is 132 g/mol. The van der Waals surface area contributed by atoms with Gasteiger partial charge in [-0.3, -0.25) is 0 Å². The summed E-state index contributed by atoms with van der Waals surface area (Å²) >= 11 is 13.8. The molecule has 0 radical (unpaired) electrons. The zero-order valence-corrected chi connectivity index (χ0v) is 5.17. The van der Waals surface area contributed by atoms with Crippen LogP contribution in [0.25, 0.3) is 0 Å². The molecule has 1 fully saturated rings. The molecule has 1 rings (SSSR count). The predicted octanol–water partition coefficient (Wildman–Crippen LogP) is 1.11. The summed E-state index contributed by atoms with van der Waals surface area (Å²) in [4.78, 5) is 2.17. The minimum absolute atomic E-state index is 0.722. The zero-order chi connectivity index (χ0) is 4.73. The Morgan fingerprint density at radius 2 is 0.833 bits per heavy atom. The van der Waals surface area contributed by atoms with Crippen molar-refractivity contribution in [1.29, 1.82) is 0 Å². The Morgan fingerprint density at radius 3 is 0.833 bits per heavy atom. The van der Waals surface area contributed by atoms with Crippen LogP contribution >= 0.6 is 36.7 Å². The zero-order valence-electron chi connectivity index (χ0n) is 2.72. The monoisotopic (exact) mass is 132 g/mol. The maximum Gasteiger partial charge on any atom is 0.0768 e. The second-order valence-electron chi connectivity index (χ2n) is 0.987. The van der Waals surface area contributed by atoms with Crippen molar-refractivity contribution in [3.05, 3.63) is 0 Å². The second-order valence-corrected chi connectivity index (χ2v) is 2.21. The smallest absolute Gasteiger partial charge is 0.0768 e. The van der Waals surface area contributed by atoms with Crippen LogP contribution in [0.4, 0.5) is 0 Å². The van der Waals surface area contributed by atoms with Gasteiger partial charge in [-0.25, -0.2) is 0 Å². The van der Waals surface area contributed by atoms with Gasteiger partial charge in [-0.2, -0.15) is 0 Å². The SMILES string of the molecule is S=C1C(=S)C1=S. The molecule has 1 aliphatic carbocycles. The van der Waals surface area contributed by atoms with Gasteiger partial charge >= 0.3 is 0 Å². The Balaban J connectivity index is 3.04.